The minimum absolute atomic E-state index is 0.308. The number of pyridine rings is 1. The van der Waals surface area contributed by atoms with Crippen molar-refractivity contribution in [2.45, 2.75) is 6.23 Å². The molecule has 0 fully saturated rings. The highest BCUT2D eigenvalue weighted by Gasteiger charge is 2.42. The van der Waals surface area contributed by atoms with Crippen molar-refractivity contribution in [3.8, 4) is 0 Å². The van der Waals surface area contributed by atoms with E-state index < -0.39 is 12.3 Å². The van der Waals surface area contributed by atoms with Crippen molar-refractivity contribution in [1.29, 1.82) is 0 Å². The molecule has 35 heavy (non-hydrogen) atoms. The van der Waals surface area contributed by atoms with Gasteiger partial charge < -0.3 is 15.7 Å². The number of para-hydroxylation sites is 2. The Hall–Kier alpha value is -4.56. The van der Waals surface area contributed by atoms with E-state index in [0.29, 0.717) is 28.4 Å². The number of aliphatic hydroxyl groups excluding tert-OH is 1. The fourth-order valence-corrected chi connectivity index (χ4v) is 4.29. The molecule has 5 rings (SSSR count). The molecule has 8 heteroatoms. The minimum Gasteiger partial charge on any atom is -0.388 e. The van der Waals surface area contributed by atoms with Gasteiger partial charge in [-0.25, -0.2) is 9.69 Å². The number of anilines is 6. The molecular weight excluding hydrogens is 442 g/mol. The summed E-state index contributed by atoms with van der Waals surface area (Å²) in [5, 5.41) is 17.9. The van der Waals surface area contributed by atoms with Crippen LogP contribution in [-0.2, 0) is 7.05 Å². The molecular formula is C27H25N5O3. The molecule has 1 aromatic heterocycles. The van der Waals surface area contributed by atoms with E-state index in [1.54, 1.807) is 43.4 Å². The molecule has 1 aliphatic rings. The molecule has 4 aromatic rings. The average molecular weight is 468 g/mol. The topological polar surface area (TPSA) is 89.8 Å². The molecule has 0 spiro atoms. The summed E-state index contributed by atoms with van der Waals surface area (Å²) in [6.07, 6.45) is -1.33. The summed E-state index contributed by atoms with van der Waals surface area (Å²) in [5.41, 5.74) is 3.32. The number of fused-ring (bicyclic) bond motifs is 1. The summed E-state index contributed by atoms with van der Waals surface area (Å²) < 4.78 is 1.39. The maximum atomic E-state index is 13.9. The number of benzene rings is 3. The minimum atomic E-state index is -1.33. The first kappa shape index (κ1) is 22.2. The summed E-state index contributed by atoms with van der Waals surface area (Å²) in [5.74, 6) is 0.308. The van der Waals surface area contributed by atoms with Crippen LogP contribution in [0.1, 0.15) is 11.8 Å². The highest BCUT2D eigenvalue weighted by Crippen LogP contribution is 2.44. The van der Waals surface area contributed by atoms with Gasteiger partial charge in [-0.05, 0) is 48.5 Å². The predicted octanol–water partition coefficient (Wildman–Crippen LogP) is 4.94. The van der Waals surface area contributed by atoms with Crippen LogP contribution in [0.5, 0.6) is 0 Å². The van der Waals surface area contributed by atoms with E-state index in [-0.39, 0.29) is 5.56 Å². The molecule has 0 radical (unpaired) electrons. The lowest BCUT2D eigenvalue weighted by Gasteiger charge is -2.41. The van der Waals surface area contributed by atoms with Crippen molar-refractivity contribution in [1.82, 2.24) is 4.57 Å². The van der Waals surface area contributed by atoms with Gasteiger partial charge >= 0.3 is 6.03 Å². The number of nitrogens with one attached hydrogen (secondary N) is 2. The first-order valence-corrected chi connectivity index (χ1v) is 11.2. The molecule has 1 atom stereocenters. The molecule has 3 aromatic carbocycles. The Labute approximate surface area is 202 Å². The molecule has 1 aliphatic heterocycles. The largest absolute Gasteiger partial charge is 0.388 e. The Kier molecular flexibility index (Phi) is 5.72. The monoisotopic (exact) mass is 467 g/mol. The lowest BCUT2D eigenvalue weighted by molar-refractivity contribution is 0.167. The van der Waals surface area contributed by atoms with Crippen molar-refractivity contribution >= 4 is 40.3 Å². The van der Waals surface area contributed by atoms with Gasteiger partial charge in [0, 0.05) is 37.2 Å². The van der Waals surface area contributed by atoms with Crippen LogP contribution < -0.4 is 26.0 Å². The van der Waals surface area contributed by atoms with E-state index in [1.807, 2.05) is 55.6 Å². The summed E-state index contributed by atoms with van der Waals surface area (Å²) >= 11 is 0. The van der Waals surface area contributed by atoms with E-state index in [1.165, 1.54) is 20.4 Å². The second-order valence-electron chi connectivity index (χ2n) is 8.18. The SMILES string of the molecule is CNc1ccc(Nc2cc(=O)n(C)c3c2C(O)N(c2ccccc2)C(=O)N3c2ccccc2)cc1. The molecule has 3 N–H and O–H groups in total. The van der Waals surface area contributed by atoms with Crippen molar-refractivity contribution < 1.29 is 9.90 Å². The van der Waals surface area contributed by atoms with Crippen LogP contribution in [0.15, 0.2) is 95.8 Å². The van der Waals surface area contributed by atoms with Crippen molar-refractivity contribution in [3.63, 3.8) is 0 Å². The number of aliphatic hydroxyl groups is 1. The number of carbonyl (C=O) groups excluding carboxylic acids is 1. The van der Waals surface area contributed by atoms with Gasteiger partial charge in [0.05, 0.1) is 16.9 Å². The van der Waals surface area contributed by atoms with Crippen LogP contribution in [0, 0.1) is 0 Å². The van der Waals surface area contributed by atoms with Gasteiger partial charge in [-0.1, -0.05) is 36.4 Å². The Bertz CT molecular complexity index is 1420. The van der Waals surface area contributed by atoms with Crippen LogP contribution in [0.2, 0.25) is 0 Å². The van der Waals surface area contributed by atoms with Crippen LogP contribution in [0.25, 0.3) is 0 Å². The van der Waals surface area contributed by atoms with Gasteiger partial charge in [-0.15, -0.1) is 0 Å². The van der Waals surface area contributed by atoms with Gasteiger partial charge in [-0.2, -0.15) is 0 Å². The molecule has 2 heterocycles. The number of carbonyl (C=O) groups is 1. The molecule has 1 unspecified atom stereocenters. The molecule has 0 bridgehead atoms. The second-order valence-corrected chi connectivity index (χ2v) is 8.18. The highest BCUT2D eigenvalue weighted by molar-refractivity contribution is 6.11. The van der Waals surface area contributed by atoms with E-state index >= 15 is 0 Å². The summed E-state index contributed by atoms with van der Waals surface area (Å²) in [6.45, 7) is 0. The number of hydrogen-bond acceptors (Lipinski definition) is 5. The number of rotatable bonds is 5. The predicted molar refractivity (Wildman–Crippen MR) is 139 cm³/mol. The van der Waals surface area contributed by atoms with Crippen molar-refractivity contribution in [2.75, 3.05) is 27.5 Å². The van der Waals surface area contributed by atoms with Crippen LogP contribution in [0.3, 0.4) is 0 Å². The third-order valence-electron chi connectivity index (χ3n) is 6.06. The third-order valence-corrected chi connectivity index (χ3v) is 6.06. The fourth-order valence-electron chi connectivity index (χ4n) is 4.29. The molecule has 0 aliphatic carbocycles. The van der Waals surface area contributed by atoms with E-state index in [2.05, 4.69) is 10.6 Å². The Morgan fingerprint density at radius 3 is 1.97 bits per heavy atom. The Morgan fingerprint density at radius 1 is 0.800 bits per heavy atom. The van der Waals surface area contributed by atoms with E-state index in [0.717, 1.165) is 11.4 Å². The first-order chi connectivity index (χ1) is 17.0. The summed E-state index contributed by atoms with van der Waals surface area (Å²) in [7, 11) is 3.43. The van der Waals surface area contributed by atoms with Crippen LogP contribution >= 0.6 is 0 Å². The molecule has 176 valence electrons. The van der Waals surface area contributed by atoms with Crippen molar-refractivity contribution in [2.24, 2.45) is 7.05 Å². The highest BCUT2D eigenvalue weighted by atomic mass is 16.3. The zero-order valence-electron chi connectivity index (χ0n) is 19.3. The molecule has 0 saturated carbocycles. The van der Waals surface area contributed by atoms with Gasteiger partial charge in [-0.3, -0.25) is 14.3 Å². The van der Waals surface area contributed by atoms with Crippen LogP contribution in [-0.4, -0.2) is 22.8 Å². The maximum absolute atomic E-state index is 13.9. The molecule has 2 amide bonds. The molecule has 8 nitrogen and oxygen atoms in total. The zero-order chi connectivity index (χ0) is 24.5. The Morgan fingerprint density at radius 2 is 1.37 bits per heavy atom. The van der Waals surface area contributed by atoms with E-state index in [9.17, 15) is 14.7 Å². The smallest absolute Gasteiger partial charge is 0.337 e. The second kappa shape index (κ2) is 9.00. The number of hydrogen-bond donors (Lipinski definition) is 3. The summed E-state index contributed by atoms with van der Waals surface area (Å²) in [4.78, 5) is 29.7. The van der Waals surface area contributed by atoms with Gasteiger partial charge in [0.1, 0.15) is 5.82 Å². The normalized spacial score (nSPS) is 15.1. The van der Waals surface area contributed by atoms with Crippen LogP contribution in [0.4, 0.5) is 39.0 Å². The first-order valence-electron chi connectivity index (χ1n) is 11.2. The number of aromatic nitrogens is 1. The summed E-state index contributed by atoms with van der Waals surface area (Å²) in [6, 6.07) is 26.6. The van der Waals surface area contributed by atoms with Crippen molar-refractivity contribution in [3.05, 3.63) is 107 Å². The maximum Gasteiger partial charge on any atom is 0.337 e. The van der Waals surface area contributed by atoms with Gasteiger partial charge in [0.25, 0.3) is 5.56 Å². The van der Waals surface area contributed by atoms with E-state index in [4.69, 9.17) is 0 Å². The lowest BCUT2D eigenvalue weighted by Crippen LogP contribution is -2.50. The Balaban J connectivity index is 1.74. The standard InChI is InChI=1S/C27H25N5O3/c1-28-18-13-15-19(16-14-18)29-22-17-23(33)30(2)25-24(22)26(34)32(21-11-7-4-8-12-21)27(35)31(25)20-9-5-3-6-10-20/h3-17,26,28-29,34H,1-2H3. The lowest BCUT2D eigenvalue weighted by atomic mass is 10.1. The quantitative estimate of drug-likeness (QED) is 0.387. The number of urea groups is 1. The number of amides is 2. The fraction of sp³-hybridized carbons (Fsp3) is 0.111. The molecule has 0 saturated heterocycles. The number of nitrogens with zero attached hydrogens (tertiary/aromatic N) is 3. The average Bonchev–Trinajstić information content (AvgIpc) is 2.88. The third kappa shape index (κ3) is 3.89. The zero-order valence-corrected chi connectivity index (χ0v) is 19.3. The van der Waals surface area contributed by atoms with Gasteiger partial charge in [0.2, 0.25) is 0 Å². The van der Waals surface area contributed by atoms with Gasteiger partial charge in [0.15, 0.2) is 6.23 Å².